The van der Waals surface area contributed by atoms with Gasteiger partial charge in [0.05, 0.1) is 4.88 Å². The second-order valence-corrected chi connectivity index (χ2v) is 3.29. The Balaban J connectivity index is 2.76. The van der Waals surface area contributed by atoms with Gasteiger partial charge in [-0.15, -0.1) is 11.3 Å². The smallest absolute Gasteiger partial charge is 0.160 e. The highest BCUT2D eigenvalue weighted by atomic mass is 32.1. The molecule has 1 rings (SSSR count). The summed E-state index contributed by atoms with van der Waals surface area (Å²) in [5, 5.41) is 1.84. The number of allylic oxidation sites excluding steroid dienone is 1. The number of hydrogen-bond donors (Lipinski definition) is 0. The number of rotatable bonds is 3. The third-order valence-electron chi connectivity index (χ3n) is 1.27. The van der Waals surface area contributed by atoms with E-state index in [0.29, 0.717) is 4.88 Å². The summed E-state index contributed by atoms with van der Waals surface area (Å²) in [6.45, 7) is 1.49. The number of carbonyl (C=O) groups is 2. The standard InChI is InChI=1S/C9H8O2S/c1-7(11)2-3-8-4-9(5-10)12-6-8/h2-6H,1H3/b3-2+. The second-order valence-electron chi connectivity index (χ2n) is 2.34. The van der Waals surface area contributed by atoms with E-state index in [0.717, 1.165) is 11.8 Å². The first-order chi connectivity index (χ1) is 5.72. The van der Waals surface area contributed by atoms with Crippen LogP contribution in [0.2, 0.25) is 0 Å². The molecule has 1 aromatic rings. The monoisotopic (exact) mass is 180 g/mol. The van der Waals surface area contributed by atoms with Crippen molar-refractivity contribution in [1.82, 2.24) is 0 Å². The van der Waals surface area contributed by atoms with E-state index in [-0.39, 0.29) is 5.78 Å². The van der Waals surface area contributed by atoms with Crippen LogP contribution in [-0.2, 0) is 4.79 Å². The van der Waals surface area contributed by atoms with Crippen LogP contribution in [0.3, 0.4) is 0 Å². The second kappa shape index (κ2) is 3.97. The molecule has 0 radical (unpaired) electrons. The van der Waals surface area contributed by atoms with Crippen molar-refractivity contribution in [3.63, 3.8) is 0 Å². The van der Waals surface area contributed by atoms with Crippen molar-refractivity contribution in [2.24, 2.45) is 0 Å². The van der Waals surface area contributed by atoms with Crippen molar-refractivity contribution in [2.75, 3.05) is 0 Å². The zero-order valence-corrected chi connectivity index (χ0v) is 7.43. The van der Waals surface area contributed by atoms with Crippen LogP contribution in [0.25, 0.3) is 6.08 Å². The van der Waals surface area contributed by atoms with Gasteiger partial charge in [0.2, 0.25) is 0 Å². The topological polar surface area (TPSA) is 34.1 Å². The van der Waals surface area contributed by atoms with Crippen LogP contribution in [0, 0.1) is 0 Å². The summed E-state index contributed by atoms with van der Waals surface area (Å²) in [5.41, 5.74) is 0.900. The van der Waals surface area contributed by atoms with Crippen molar-refractivity contribution in [3.05, 3.63) is 28.0 Å². The predicted molar refractivity (Wildman–Crippen MR) is 49.4 cm³/mol. The lowest BCUT2D eigenvalue weighted by molar-refractivity contribution is -0.112. The van der Waals surface area contributed by atoms with E-state index in [1.54, 1.807) is 12.1 Å². The largest absolute Gasteiger partial charge is 0.297 e. The van der Waals surface area contributed by atoms with Crippen LogP contribution in [0.5, 0.6) is 0 Å². The summed E-state index contributed by atoms with van der Waals surface area (Å²) < 4.78 is 0. The van der Waals surface area contributed by atoms with Gasteiger partial charge in [-0.05, 0) is 30.0 Å². The molecule has 1 aromatic heterocycles. The molecule has 3 heteroatoms. The highest BCUT2D eigenvalue weighted by Crippen LogP contribution is 2.13. The molecule has 0 unspecified atom stereocenters. The molecule has 0 saturated heterocycles. The first-order valence-electron chi connectivity index (χ1n) is 3.45. The van der Waals surface area contributed by atoms with Gasteiger partial charge in [0.15, 0.2) is 12.1 Å². The zero-order valence-electron chi connectivity index (χ0n) is 6.61. The van der Waals surface area contributed by atoms with E-state index in [1.165, 1.54) is 24.3 Å². The molecule has 0 aliphatic rings. The van der Waals surface area contributed by atoms with Crippen molar-refractivity contribution in [3.8, 4) is 0 Å². The minimum Gasteiger partial charge on any atom is -0.297 e. The fourth-order valence-corrected chi connectivity index (χ4v) is 1.41. The van der Waals surface area contributed by atoms with Gasteiger partial charge in [0, 0.05) is 0 Å². The molecule has 0 N–H and O–H groups in total. The maximum Gasteiger partial charge on any atom is 0.160 e. The molecule has 0 spiro atoms. The van der Waals surface area contributed by atoms with Crippen molar-refractivity contribution < 1.29 is 9.59 Å². The molecular weight excluding hydrogens is 172 g/mol. The number of ketones is 1. The highest BCUT2D eigenvalue weighted by molar-refractivity contribution is 7.11. The Labute approximate surface area is 74.5 Å². The summed E-state index contributed by atoms with van der Waals surface area (Å²) in [5.74, 6) is 0.00820. The summed E-state index contributed by atoms with van der Waals surface area (Å²) in [7, 11) is 0. The van der Waals surface area contributed by atoms with Gasteiger partial charge < -0.3 is 0 Å². The van der Waals surface area contributed by atoms with Gasteiger partial charge in [-0.3, -0.25) is 9.59 Å². The van der Waals surface area contributed by atoms with Crippen molar-refractivity contribution in [1.29, 1.82) is 0 Å². The maximum absolute atomic E-state index is 10.5. The molecule has 1 heterocycles. The third-order valence-corrected chi connectivity index (χ3v) is 2.14. The average Bonchev–Trinajstić information content (AvgIpc) is 2.48. The van der Waals surface area contributed by atoms with E-state index in [4.69, 9.17) is 0 Å². The van der Waals surface area contributed by atoms with Crippen LogP contribution in [0.15, 0.2) is 17.5 Å². The van der Waals surface area contributed by atoms with E-state index in [9.17, 15) is 9.59 Å². The first kappa shape index (κ1) is 8.87. The fraction of sp³-hybridized carbons (Fsp3) is 0.111. The zero-order chi connectivity index (χ0) is 8.97. The van der Waals surface area contributed by atoms with Crippen molar-refractivity contribution in [2.45, 2.75) is 6.92 Å². The third kappa shape index (κ3) is 2.43. The van der Waals surface area contributed by atoms with E-state index >= 15 is 0 Å². The number of thiophene rings is 1. The van der Waals surface area contributed by atoms with Crippen LogP contribution in [0.4, 0.5) is 0 Å². The number of carbonyl (C=O) groups excluding carboxylic acids is 2. The minimum atomic E-state index is 0.00820. The SMILES string of the molecule is CC(=O)/C=C/c1csc(C=O)c1. The lowest BCUT2D eigenvalue weighted by atomic mass is 10.2. The first-order valence-corrected chi connectivity index (χ1v) is 4.32. The molecule has 62 valence electrons. The molecule has 0 amide bonds. The molecule has 0 aliphatic heterocycles. The normalized spacial score (nSPS) is 10.4. The van der Waals surface area contributed by atoms with Gasteiger partial charge in [0.25, 0.3) is 0 Å². The molecule has 12 heavy (non-hydrogen) atoms. The Morgan fingerprint density at radius 2 is 2.33 bits per heavy atom. The highest BCUT2D eigenvalue weighted by Gasteiger charge is 1.94. The molecule has 2 nitrogen and oxygen atoms in total. The lowest BCUT2D eigenvalue weighted by Crippen LogP contribution is -1.78. The number of hydrogen-bond acceptors (Lipinski definition) is 3. The predicted octanol–water partition coefficient (Wildman–Crippen LogP) is 2.16. The quantitative estimate of drug-likeness (QED) is 0.527. The van der Waals surface area contributed by atoms with Crippen LogP contribution in [-0.4, -0.2) is 12.1 Å². The summed E-state index contributed by atoms with van der Waals surface area (Å²) in [4.78, 5) is 21.5. The van der Waals surface area contributed by atoms with Gasteiger partial charge in [0.1, 0.15) is 0 Å². The maximum atomic E-state index is 10.5. The number of aldehydes is 1. The van der Waals surface area contributed by atoms with Gasteiger partial charge in [-0.1, -0.05) is 6.08 Å². The Morgan fingerprint density at radius 3 is 2.83 bits per heavy atom. The molecular formula is C9H8O2S. The summed E-state index contributed by atoms with van der Waals surface area (Å²) >= 11 is 1.37. The van der Waals surface area contributed by atoms with Crippen LogP contribution < -0.4 is 0 Å². The molecule has 0 atom stereocenters. The Hall–Kier alpha value is -1.22. The molecule has 0 fully saturated rings. The minimum absolute atomic E-state index is 0.00820. The lowest BCUT2D eigenvalue weighted by Gasteiger charge is -1.80. The van der Waals surface area contributed by atoms with Gasteiger partial charge in [-0.25, -0.2) is 0 Å². The van der Waals surface area contributed by atoms with Crippen molar-refractivity contribution >= 4 is 29.5 Å². The van der Waals surface area contributed by atoms with Crippen LogP contribution in [0.1, 0.15) is 22.2 Å². The molecule has 0 saturated carbocycles. The Bertz CT molecular complexity index is 323. The molecule has 0 aliphatic carbocycles. The van der Waals surface area contributed by atoms with E-state index < -0.39 is 0 Å². The summed E-state index contributed by atoms with van der Waals surface area (Å²) in [6.07, 6.45) is 3.98. The van der Waals surface area contributed by atoms with Gasteiger partial charge in [-0.2, -0.15) is 0 Å². The van der Waals surface area contributed by atoms with Crippen LogP contribution >= 0.6 is 11.3 Å². The average molecular weight is 180 g/mol. The summed E-state index contributed by atoms with van der Waals surface area (Å²) in [6, 6.07) is 1.75. The van der Waals surface area contributed by atoms with Gasteiger partial charge >= 0.3 is 0 Å². The molecule has 0 aromatic carbocycles. The fourth-order valence-electron chi connectivity index (χ4n) is 0.731. The molecule has 0 bridgehead atoms. The Kier molecular flexibility index (Phi) is 2.94. The Morgan fingerprint density at radius 1 is 1.58 bits per heavy atom. The van der Waals surface area contributed by atoms with E-state index in [2.05, 4.69) is 0 Å². The van der Waals surface area contributed by atoms with E-state index in [1.807, 2.05) is 5.38 Å².